The van der Waals surface area contributed by atoms with Crippen molar-refractivity contribution in [3.63, 3.8) is 0 Å². The number of hydrogen-bond donors (Lipinski definition) is 2. The monoisotopic (exact) mass is 246 g/mol. The van der Waals surface area contributed by atoms with E-state index in [-0.39, 0.29) is 11.5 Å². The molecule has 1 aromatic carbocycles. The van der Waals surface area contributed by atoms with Gasteiger partial charge in [-0.25, -0.2) is 4.39 Å². The van der Waals surface area contributed by atoms with E-state index < -0.39 is 11.6 Å². The van der Waals surface area contributed by atoms with Crippen molar-refractivity contribution in [2.24, 2.45) is 0 Å². The highest BCUT2D eigenvalue weighted by molar-refractivity contribution is 5.94. The number of carbonyl (C=O) groups is 1. The van der Waals surface area contributed by atoms with Crippen LogP contribution in [0.2, 0.25) is 0 Å². The van der Waals surface area contributed by atoms with Crippen LogP contribution in [0.4, 0.5) is 4.39 Å². The van der Waals surface area contributed by atoms with E-state index in [9.17, 15) is 9.18 Å². The topological polar surface area (TPSA) is 62.2 Å². The lowest BCUT2D eigenvalue weighted by molar-refractivity contribution is 0.0950. The predicted octanol–water partition coefficient (Wildman–Crippen LogP) is 1.86. The lowest BCUT2D eigenvalue weighted by Crippen LogP contribution is -2.22. The Morgan fingerprint density at radius 3 is 2.89 bits per heavy atom. The molecular weight excluding hydrogens is 235 g/mol. The number of benzene rings is 1. The maximum atomic E-state index is 12.8. The van der Waals surface area contributed by atoms with Crippen LogP contribution in [0.5, 0.6) is 5.75 Å². The van der Waals surface area contributed by atoms with Crippen LogP contribution < -0.4 is 5.32 Å². The molecule has 1 aromatic heterocycles. The summed E-state index contributed by atoms with van der Waals surface area (Å²) in [6.45, 7) is 0.324. The molecule has 0 radical (unpaired) electrons. The molecular formula is C13H11FN2O2. The number of phenols is 1. The highest BCUT2D eigenvalue weighted by Crippen LogP contribution is 2.16. The van der Waals surface area contributed by atoms with Gasteiger partial charge in [-0.2, -0.15) is 0 Å². The Balaban J connectivity index is 2.02. The lowest BCUT2D eigenvalue weighted by atomic mass is 10.2. The number of nitrogens with zero attached hydrogens (tertiary/aromatic N) is 1. The van der Waals surface area contributed by atoms with Gasteiger partial charge < -0.3 is 10.4 Å². The minimum Gasteiger partial charge on any atom is -0.505 e. The van der Waals surface area contributed by atoms with Gasteiger partial charge in [-0.05, 0) is 29.8 Å². The smallest absolute Gasteiger partial charge is 0.251 e. The van der Waals surface area contributed by atoms with Gasteiger partial charge in [-0.3, -0.25) is 9.78 Å². The Labute approximate surface area is 103 Å². The van der Waals surface area contributed by atoms with Crippen molar-refractivity contribution < 1.29 is 14.3 Å². The van der Waals surface area contributed by atoms with Crippen molar-refractivity contribution in [3.05, 3.63) is 59.7 Å². The quantitative estimate of drug-likeness (QED) is 0.868. The molecule has 0 saturated heterocycles. The molecule has 18 heavy (non-hydrogen) atoms. The summed E-state index contributed by atoms with van der Waals surface area (Å²) in [6, 6.07) is 7.05. The number of carbonyl (C=O) groups excluding carboxylic acids is 1. The molecule has 5 heteroatoms. The predicted molar refractivity (Wildman–Crippen MR) is 63.5 cm³/mol. The molecule has 0 spiro atoms. The Hall–Kier alpha value is -2.43. The van der Waals surface area contributed by atoms with Gasteiger partial charge in [0, 0.05) is 24.5 Å². The second-order valence-electron chi connectivity index (χ2n) is 3.71. The van der Waals surface area contributed by atoms with E-state index in [1.807, 2.05) is 6.07 Å². The molecule has 0 saturated carbocycles. The second-order valence-corrected chi connectivity index (χ2v) is 3.71. The van der Waals surface area contributed by atoms with Gasteiger partial charge in [-0.15, -0.1) is 0 Å². The number of halogens is 1. The number of aromatic nitrogens is 1. The Morgan fingerprint density at radius 1 is 1.39 bits per heavy atom. The van der Waals surface area contributed by atoms with Crippen molar-refractivity contribution in [2.45, 2.75) is 6.54 Å². The van der Waals surface area contributed by atoms with Crippen molar-refractivity contribution >= 4 is 5.91 Å². The molecule has 0 aliphatic carbocycles. The van der Waals surface area contributed by atoms with E-state index in [0.29, 0.717) is 6.54 Å². The van der Waals surface area contributed by atoms with Crippen LogP contribution in [0.15, 0.2) is 42.7 Å². The van der Waals surface area contributed by atoms with Gasteiger partial charge in [0.05, 0.1) is 0 Å². The van der Waals surface area contributed by atoms with Gasteiger partial charge >= 0.3 is 0 Å². The fourth-order valence-corrected chi connectivity index (χ4v) is 1.44. The number of rotatable bonds is 3. The van der Waals surface area contributed by atoms with Gasteiger partial charge in [0.15, 0.2) is 11.6 Å². The maximum Gasteiger partial charge on any atom is 0.251 e. The van der Waals surface area contributed by atoms with Crippen LogP contribution in [0, 0.1) is 5.82 Å². The van der Waals surface area contributed by atoms with Crippen molar-refractivity contribution in [1.82, 2.24) is 10.3 Å². The third-order valence-corrected chi connectivity index (χ3v) is 2.38. The molecule has 0 aliphatic rings. The standard InChI is InChI=1S/C13H11FN2O2/c14-11-4-3-10(6-12(11)17)13(18)16-8-9-2-1-5-15-7-9/h1-7,17H,8H2,(H,16,18). The van der Waals surface area contributed by atoms with Crippen LogP contribution in [-0.4, -0.2) is 16.0 Å². The minimum absolute atomic E-state index is 0.206. The highest BCUT2D eigenvalue weighted by atomic mass is 19.1. The minimum atomic E-state index is -0.751. The number of aromatic hydroxyl groups is 1. The van der Waals surface area contributed by atoms with Crippen molar-refractivity contribution in [2.75, 3.05) is 0 Å². The summed E-state index contributed by atoms with van der Waals surface area (Å²) in [7, 11) is 0. The SMILES string of the molecule is O=C(NCc1cccnc1)c1ccc(F)c(O)c1. The third kappa shape index (κ3) is 2.82. The molecule has 0 atom stereocenters. The van der Waals surface area contributed by atoms with E-state index in [0.717, 1.165) is 17.7 Å². The van der Waals surface area contributed by atoms with Crippen LogP contribution in [0.3, 0.4) is 0 Å². The normalized spacial score (nSPS) is 10.1. The highest BCUT2D eigenvalue weighted by Gasteiger charge is 2.08. The molecule has 0 unspecified atom stereocenters. The Bertz CT molecular complexity index is 558. The number of nitrogens with one attached hydrogen (secondary N) is 1. The van der Waals surface area contributed by atoms with Gasteiger partial charge in [0.2, 0.25) is 0 Å². The molecule has 2 N–H and O–H groups in total. The summed E-state index contributed by atoms with van der Waals surface area (Å²) in [4.78, 5) is 15.6. The first kappa shape index (κ1) is 12.0. The van der Waals surface area contributed by atoms with Gasteiger partial charge in [0.25, 0.3) is 5.91 Å². The maximum absolute atomic E-state index is 12.8. The first-order valence-corrected chi connectivity index (χ1v) is 5.32. The van der Waals surface area contributed by atoms with E-state index >= 15 is 0 Å². The number of phenolic OH excluding ortho intramolecular Hbond substituents is 1. The van der Waals surface area contributed by atoms with Gasteiger partial charge in [-0.1, -0.05) is 6.07 Å². The van der Waals surface area contributed by atoms with Crippen LogP contribution in [0.25, 0.3) is 0 Å². The zero-order chi connectivity index (χ0) is 13.0. The van der Waals surface area contributed by atoms with E-state index in [1.165, 1.54) is 6.07 Å². The average Bonchev–Trinajstić information content (AvgIpc) is 2.40. The fraction of sp³-hybridized carbons (Fsp3) is 0.0769. The van der Waals surface area contributed by atoms with E-state index in [4.69, 9.17) is 5.11 Å². The van der Waals surface area contributed by atoms with Gasteiger partial charge in [0.1, 0.15) is 0 Å². The molecule has 4 nitrogen and oxygen atoms in total. The first-order valence-electron chi connectivity index (χ1n) is 5.32. The fourth-order valence-electron chi connectivity index (χ4n) is 1.44. The summed E-state index contributed by atoms with van der Waals surface area (Å²) < 4.78 is 12.8. The third-order valence-electron chi connectivity index (χ3n) is 2.38. The number of hydrogen-bond acceptors (Lipinski definition) is 3. The zero-order valence-corrected chi connectivity index (χ0v) is 9.43. The van der Waals surface area contributed by atoms with Crippen LogP contribution in [0.1, 0.15) is 15.9 Å². The molecule has 2 rings (SSSR count). The average molecular weight is 246 g/mol. The summed E-state index contributed by atoms with van der Waals surface area (Å²) in [6.07, 6.45) is 3.28. The molecule has 0 fully saturated rings. The molecule has 1 heterocycles. The largest absolute Gasteiger partial charge is 0.505 e. The summed E-state index contributed by atoms with van der Waals surface area (Å²) in [5.74, 6) is -1.67. The first-order chi connectivity index (χ1) is 8.66. The van der Waals surface area contributed by atoms with Crippen molar-refractivity contribution in [1.29, 1.82) is 0 Å². The Morgan fingerprint density at radius 2 is 2.22 bits per heavy atom. The van der Waals surface area contributed by atoms with Crippen molar-refractivity contribution in [3.8, 4) is 5.75 Å². The second kappa shape index (κ2) is 5.27. The number of amides is 1. The molecule has 0 bridgehead atoms. The Kier molecular flexibility index (Phi) is 3.52. The van der Waals surface area contributed by atoms with E-state index in [2.05, 4.69) is 10.3 Å². The van der Waals surface area contributed by atoms with Crippen LogP contribution in [-0.2, 0) is 6.54 Å². The summed E-state index contributed by atoms with van der Waals surface area (Å²) >= 11 is 0. The molecule has 0 aliphatic heterocycles. The summed E-state index contributed by atoms with van der Waals surface area (Å²) in [5, 5.41) is 11.8. The van der Waals surface area contributed by atoms with Crippen LogP contribution >= 0.6 is 0 Å². The van der Waals surface area contributed by atoms with E-state index in [1.54, 1.807) is 18.5 Å². The number of pyridine rings is 1. The molecule has 1 amide bonds. The molecule has 2 aromatic rings. The zero-order valence-electron chi connectivity index (χ0n) is 9.43. The lowest BCUT2D eigenvalue weighted by Gasteiger charge is -2.05. The molecule has 92 valence electrons. The summed E-state index contributed by atoms with van der Waals surface area (Å²) in [5.41, 5.74) is 1.06.